The van der Waals surface area contributed by atoms with Crippen LogP contribution in [-0.4, -0.2) is 37.9 Å². The Labute approximate surface area is 196 Å². The third-order valence-corrected chi connectivity index (χ3v) is 6.01. The first-order chi connectivity index (χ1) is 16.0. The number of hydrogen-bond acceptors (Lipinski definition) is 7. The third-order valence-electron chi connectivity index (χ3n) is 5.64. The van der Waals surface area contributed by atoms with Gasteiger partial charge in [0.15, 0.2) is 0 Å². The van der Waals surface area contributed by atoms with Gasteiger partial charge in [-0.05, 0) is 42.2 Å². The minimum Gasteiger partial charge on any atom is -0.477 e. The number of carbonyl (C=O) groups is 1. The number of nitrogens with zero attached hydrogens (tertiary/aromatic N) is 1. The van der Waals surface area contributed by atoms with Crippen molar-refractivity contribution in [2.75, 3.05) is 27.1 Å². The lowest BCUT2D eigenvalue weighted by molar-refractivity contribution is -0.144. The average Bonchev–Trinajstić information content (AvgIpc) is 2.79. The maximum atomic E-state index is 12.1. The minimum absolute atomic E-state index is 0.212. The summed E-state index contributed by atoms with van der Waals surface area (Å²) in [6, 6.07) is 11.1. The molecule has 3 aromatic rings. The summed E-state index contributed by atoms with van der Waals surface area (Å²) in [5.74, 6) is 0.365. The molecule has 0 radical (unpaired) electrons. The van der Waals surface area contributed by atoms with Crippen LogP contribution in [0.3, 0.4) is 0 Å². The number of fused-ring (bicyclic) bond motifs is 3. The molecule has 1 aromatic heterocycles. The Balaban J connectivity index is 1.64. The van der Waals surface area contributed by atoms with Crippen molar-refractivity contribution in [3.63, 3.8) is 0 Å². The van der Waals surface area contributed by atoms with Crippen LogP contribution in [0.5, 0.6) is 5.75 Å². The Kier molecular flexibility index (Phi) is 7.33. The van der Waals surface area contributed by atoms with Gasteiger partial charge in [-0.2, -0.15) is 0 Å². The summed E-state index contributed by atoms with van der Waals surface area (Å²) in [5, 5.41) is 1.52. The van der Waals surface area contributed by atoms with E-state index in [-0.39, 0.29) is 19.0 Å². The van der Waals surface area contributed by atoms with Crippen molar-refractivity contribution >= 4 is 28.5 Å². The summed E-state index contributed by atoms with van der Waals surface area (Å²) in [4.78, 5) is 26.3. The largest absolute Gasteiger partial charge is 0.477 e. The maximum absolute atomic E-state index is 12.1. The topological polar surface area (TPSA) is 78.2 Å². The van der Waals surface area contributed by atoms with Crippen LogP contribution in [0.1, 0.15) is 28.7 Å². The van der Waals surface area contributed by atoms with Crippen molar-refractivity contribution in [2.45, 2.75) is 32.9 Å². The second kappa shape index (κ2) is 10.4. The van der Waals surface area contributed by atoms with Gasteiger partial charge in [0.25, 0.3) is 0 Å². The van der Waals surface area contributed by atoms with Crippen molar-refractivity contribution in [1.29, 1.82) is 0 Å². The third kappa shape index (κ3) is 5.38. The Morgan fingerprint density at radius 2 is 2.00 bits per heavy atom. The van der Waals surface area contributed by atoms with E-state index in [2.05, 4.69) is 4.90 Å². The van der Waals surface area contributed by atoms with E-state index in [4.69, 9.17) is 30.2 Å². The van der Waals surface area contributed by atoms with Crippen molar-refractivity contribution < 1.29 is 23.4 Å². The first kappa shape index (κ1) is 23.3. The summed E-state index contributed by atoms with van der Waals surface area (Å²) in [7, 11) is 1.56. The first-order valence-corrected chi connectivity index (χ1v) is 11.2. The standard InChI is InChI=1S/C25H26ClNO6/c1-16-11-23(29)33-25-19(16)12-17(7-8-22(28)31-10-9-30-2)24-20(25)14-27(15-32-24)13-18-5-3-4-6-21(18)26/h3-6,11-12H,7-10,13-15H2,1-2H3. The average molecular weight is 472 g/mol. The van der Waals surface area contributed by atoms with E-state index in [1.807, 2.05) is 37.3 Å². The fourth-order valence-corrected chi connectivity index (χ4v) is 4.21. The molecule has 0 saturated heterocycles. The molecule has 0 saturated carbocycles. The highest BCUT2D eigenvalue weighted by Gasteiger charge is 2.26. The Morgan fingerprint density at radius 1 is 1.18 bits per heavy atom. The molecule has 174 valence electrons. The van der Waals surface area contributed by atoms with Crippen molar-refractivity contribution in [1.82, 2.24) is 4.90 Å². The van der Waals surface area contributed by atoms with Crippen LogP contribution in [0, 0.1) is 6.92 Å². The Hall–Kier alpha value is -2.87. The van der Waals surface area contributed by atoms with Gasteiger partial charge in [-0.1, -0.05) is 29.8 Å². The summed E-state index contributed by atoms with van der Waals surface area (Å²) in [6.45, 7) is 3.93. The molecule has 2 aromatic carbocycles. The minimum atomic E-state index is -0.403. The van der Waals surface area contributed by atoms with Gasteiger partial charge < -0.3 is 18.6 Å². The van der Waals surface area contributed by atoms with Crippen LogP contribution in [0.4, 0.5) is 0 Å². The van der Waals surface area contributed by atoms with E-state index in [0.717, 1.165) is 27.6 Å². The molecular weight excluding hydrogens is 446 g/mol. The Bertz CT molecular complexity index is 1220. The number of ether oxygens (including phenoxy) is 3. The smallest absolute Gasteiger partial charge is 0.336 e. The predicted octanol–water partition coefficient (Wildman–Crippen LogP) is 4.23. The number of esters is 1. The molecule has 0 N–H and O–H groups in total. The molecular formula is C25H26ClNO6. The normalized spacial score (nSPS) is 13.5. The lowest BCUT2D eigenvalue weighted by Crippen LogP contribution is -2.32. The lowest BCUT2D eigenvalue weighted by Gasteiger charge is -2.31. The number of benzene rings is 2. The van der Waals surface area contributed by atoms with Gasteiger partial charge in [-0.15, -0.1) is 0 Å². The van der Waals surface area contributed by atoms with Crippen LogP contribution in [0.25, 0.3) is 11.0 Å². The van der Waals surface area contributed by atoms with Gasteiger partial charge >= 0.3 is 11.6 Å². The SMILES string of the molecule is COCCOC(=O)CCc1cc2c(C)cc(=O)oc2c2c1OCN(Cc1ccccc1Cl)C2. The van der Waals surface area contributed by atoms with Crippen molar-refractivity contribution in [2.24, 2.45) is 0 Å². The van der Waals surface area contributed by atoms with E-state index in [9.17, 15) is 9.59 Å². The number of carbonyl (C=O) groups excluding carboxylic acids is 1. The van der Waals surface area contributed by atoms with Gasteiger partial charge in [-0.3, -0.25) is 9.69 Å². The maximum Gasteiger partial charge on any atom is 0.336 e. The fraction of sp³-hybridized carbons (Fsp3) is 0.360. The Morgan fingerprint density at radius 3 is 2.79 bits per heavy atom. The molecule has 0 fully saturated rings. The molecule has 8 heteroatoms. The molecule has 33 heavy (non-hydrogen) atoms. The molecule has 0 unspecified atom stereocenters. The number of hydrogen-bond donors (Lipinski definition) is 0. The van der Waals surface area contributed by atoms with Crippen molar-refractivity contribution in [3.05, 3.63) is 74.1 Å². The first-order valence-electron chi connectivity index (χ1n) is 10.8. The van der Waals surface area contributed by atoms with E-state index in [0.29, 0.717) is 49.2 Å². The molecule has 1 aliphatic heterocycles. The molecule has 2 heterocycles. The monoisotopic (exact) mass is 471 g/mol. The lowest BCUT2D eigenvalue weighted by atomic mass is 9.97. The number of methoxy groups -OCH3 is 1. The molecule has 0 atom stereocenters. The van der Waals surface area contributed by atoms with E-state index < -0.39 is 5.63 Å². The van der Waals surface area contributed by atoms with Crippen LogP contribution < -0.4 is 10.4 Å². The zero-order chi connectivity index (χ0) is 23.4. The second-order valence-corrected chi connectivity index (χ2v) is 8.44. The molecule has 0 amide bonds. The van der Waals surface area contributed by atoms with E-state index in [1.54, 1.807) is 7.11 Å². The number of aryl methyl sites for hydroxylation is 2. The second-order valence-electron chi connectivity index (χ2n) is 8.03. The molecule has 0 spiro atoms. The molecule has 1 aliphatic rings. The van der Waals surface area contributed by atoms with Gasteiger partial charge in [0.1, 0.15) is 24.7 Å². The fourth-order valence-electron chi connectivity index (χ4n) is 4.01. The number of halogens is 1. The summed E-state index contributed by atoms with van der Waals surface area (Å²) in [5.41, 5.74) is 3.61. The summed E-state index contributed by atoms with van der Waals surface area (Å²) in [6.07, 6.45) is 0.664. The van der Waals surface area contributed by atoms with Crippen LogP contribution in [0.2, 0.25) is 5.02 Å². The van der Waals surface area contributed by atoms with Crippen LogP contribution in [0.15, 0.2) is 45.6 Å². The van der Waals surface area contributed by atoms with Gasteiger partial charge in [0, 0.05) is 43.1 Å². The van der Waals surface area contributed by atoms with Gasteiger partial charge in [0.05, 0.1) is 12.2 Å². The summed E-state index contributed by atoms with van der Waals surface area (Å²) < 4.78 is 21.9. The zero-order valence-electron chi connectivity index (χ0n) is 18.7. The zero-order valence-corrected chi connectivity index (χ0v) is 19.4. The number of rotatable bonds is 8. The van der Waals surface area contributed by atoms with Crippen LogP contribution in [-0.2, 0) is 33.8 Å². The molecule has 0 aliphatic carbocycles. The van der Waals surface area contributed by atoms with Crippen LogP contribution >= 0.6 is 11.6 Å². The van der Waals surface area contributed by atoms with Crippen molar-refractivity contribution in [3.8, 4) is 5.75 Å². The molecule has 7 nitrogen and oxygen atoms in total. The van der Waals surface area contributed by atoms with E-state index in [1.165, 1.54) is 6.07 Å². The van der Waals surface area contributed by atoms with Gasteiger partial charge in [-0.25, -0.2) is 4.79 Å². The molecule has 0 bridgehead atoms. The summed E-state index contributed by atoms with van der Waals surface area (Å²) >= 11 is 6.34. The van der Waals surface area contributed by atoms with E-state index >= 15 is 0 Å². The highest BCUT2D eigenvalue weighted by Crippen LogP contribution is 2.37. The molecule has 4 rings (SSSR count). The highest BCUT2D eigenvalue weighted by molar-refractivity contribution is 6.31. The predicted molar refractivity (Wildman–Crippen MR) is 125 cm³/mol. The highest BCUT2D eigenvalue weighted by atomic mass is 35.5. The quantitative estimate of drug-likeness (QED) is 0.276. The van der Waals surface area contributed by atoms with Gasteiger partial charge in [0.2, 0.25) is 0 Å².